The van der Waals surface area contributed by atoms with Crippen molar-refractivity contribution in [1.29, 1.82) is 0 Å². The van der Waals surface area contributed by atoms with Crippen molar-refractivity contribution in [3.8, 4) is 0 Å². The summed E-state index contributed by atoms with van der Waals surface area (Å²) in [7, 11) is 0. The maximum absolute atomic E-state index is 11.9. The minimum absolute atomic E-state index is 0.176. The van der Waals surface area contributed by atoms with Crippen molar-refractivity contribution in [3.63, 3.8) is 0 Å². The number of aromatic carboxylic acids is 1. The number of carbonyl (C=O) groups is 2. The van der Waals surface area contributed by atoms with Crippen LogP contribution in [0.1, 0.15) is 21.5 Å². The lowest BCUT2D eigenvalue weighted by atomic mass is 10.1. The Morgan fingerprint density at radius 3 is 2.00 bits per heavy atom. The van der Waals surface area contributed by atoms with Crippen LogP contribution in [0.15, 0.2) is 42.5 Å². The van der Waals surface area contributed by atoms with Crippen LogP contribution in [0.4, 0.5) is 16.2 Å². The number of carbonyl (C=O) groups excluding carboxylic acids is 1. The quantitative estimate of drug-likeness (QED) is 0.805. The summed E-state index contributed by atoms with van der Waals surface area (Å²) >= 11 is 0. The molecule has 0 aromatic heterocycles. The first-order valence-electron chi connectivity index (χ1n) is 6.44. The third-order valence-corrected chi connectivity index (χ3v) is 3.15. The summed E-state index contributed by atoms with van der Waals surface area (Å²) in [5.41, 5.74) is 3.66. The highest BCUT2D eigenvalue weighted by molar-refractivity contribution is 6.00. The van der Waals surface area contributed by atoms with Gasteiger partial charge in [0.05, 0.1) is 5.56 Å². The van der Waals surface area contributed by atoms with Crippen LogP contribution in [-0.2, 0) is 0 Å². The molecule has 2 amide bonds. The molecule has 0 spiro atoms. The van der Waals surface area contributed by atoms with Crippen molar-refractivity contribution < 1.29 is 14.7 Å². The van der Waals surface area contributed by atoms with E-state index in [9.17, 15) is 9.59 Å². The minimum atomic E-state index is -0.999. The first-order valence-corrected chi connectivity index (χ1v) is 6.44. The molecule has 2 aromatic rings. The molecule has 2 rings (SSSR count). The highest BCUT2D eigenvalue weighted by Gasteiger charge is 2.05. The van der Waals surface area contributed by atoms with Gasteiger partial charge < -0.3 is 15.7 Å². The number of carboxylic acid groups (broad SMARTS) is 1. The largest absolute Gasteiger partial charge is 0.478 e. The lowest BCUT2D eigenvalue weighted by Gasteiger charge is -2.09. The zero-order valence-electron chi connectivity index (χ0n) is 11.8. The Kier molecular flexibility index (Phi) is 4.23. The van der Waals surface area contributed by atoms with Crippen LogP contribution in [0.5, 0.6) is 0 Å². The Labute approximate surface area is 122 Å². The fourth-order valence-electron chi connectivity index (χ4n) is 1.81. The summed E-state index contributed by atoms with van der Waals surface area (Å²) in [6.45, 7) is 3.98. The predicted octanol–water partition coefficient (Wildman–Crippen LogP) is 3.65. The molecule has 0 atom stereocenters. The maximum Gasteiger partial charge on any atom is 0.335 e. The molecular formula is C16H16N2O3. The summed E-state index contributed by atoms with van der Waals surface area (Å²) in [6, 6.07) is 11.3. The Hall–Kier alpha value is -2.82. The van der Waals surface area contributed by atoms with Gasteiger partial charge in [-0.05, 0) is 61.4 Å². The number of nitrogens with one attached hydrogen (secondary N) is 2. The van der Waals surface area contributed by atoms with Crippen LogP contribution < -0.4 is 10.6 Å². The second kappa shape index (κ2) is 6.09. The molecule has 21 heavy (non-hydrogen) atoms. The molecule has 0 saturated heterocycles. The van der Waals surface area contributed by atoms with E-state index in [1.165, 1.54) is 12.1 Å². The van der Waals surface area contributed by atoms with E-state index in [0.29, 0.717) is 11.4 Å². The second-order valence-corrected chi connectivity index (χ2v) is 4.76. The summed E-state index contributed by atoms with van der Waals surface area (Å²) in [5.74, 6) is -0.999. The van der Waals surface area contributed by atoms with Crippen molar-refractivity contribution in [2.75, 3.05) is 10.6 Å². The summed E-state index contributed by atoms with van der Waals surface area (Å²) in [5, 5.41) is 14.2. The van der Waals surface area contributed by atoms with Crippen molar-refractivity contribution in [2.45, 2.75) is 13.8 Å². The topological polar surface area (TPSA) is 78.4 Å². The normalized spacial score (nSPS) is 10.0. The van der Waals surface area contributed by atoms with Crippen LogP contribution in [-0.4, -0.2) is 17.1 Å². The number of aryl methyl sites for hydroxylation is 2. The van der Waals surface area contributed by atoms with E-state index in [1.54, 1.807) is 12.1 Å². The van der Waals surface area contributed by atoms with Gasteiger partial charge in [0.2, 0.25) is 0 Å². The van der Waals surface area contributed by atoms with Crippen molar-refractivity contribution in [1.82, 2.24) is 0 Å². The van der Waals surface area contributed by atoms with Gasteiger partial charge in [-0.1, -0.05) is 6.07 Å². The fourth-order valence-corrected chi connectivity index (χ4v) is 1.81. The molecule has 108 valence electrons. The molecule has 0 heterocycles. The average Bonchev–Trinajstić information content (AvgIpc) is 2.43. The van der Waals surface area contributed by atoms with E-state index in [0.717, 1.165) is 11.1 Å². The third kappa shape index (κ3) is 3.82. The van der Waals surface area contributed by atoms with Gasteiger partial charge in [0.1, 0.15) is 0 Å². The summed E-state index contributed by atoms with van der Waals surface area (Å²) in [4.78, 5) is 22.6. The van der Waals surface area contributed by atoms with Crippen LogP contribution >= 0.6 is 0 Å². The molecule has 2 aromatic carbocycles. The Morgan fingerprint density at radius 1 is 0.857 bits per heavy atom. The van der Waals surface area contributed by atoms with Gasteiger partial charge in [-0.25, -0.2) is 9.59 Å². The maximum atomic E-state index is 11.9. The van der Waals surface area contributed by atoms with Gasteiger partial charge in [0.25, 0.3) is 0 Å². The number of urea groups is 1. The molecule has 0 saturated carbocycles. The molecule has 5 nitrogen and oxygen atoms in total. The lowest BCUT2D eigenvalue weighted by molar-refractivity contribution is 0.0697. The zero-order valence-corrected chi connectivity index (χ0v) is 11.8. The van der Waals surface area contributed by atoms with E-state index in [2.05, 4.69) is 10.6 Å². The molecule has 0 bridgehead atoms. The molecule has 0 unspecified atom stereocenters. The number of hydrogen-bond acceptors (Lipinski definition) is 2. The molecule has 3 N–H and O–H groups in total. The molecule has 0 aliphatic heterocycles. The van der Waals surface area contributed by atoms with Crippen LogP contribution in [0.3, 0.4) is 0 Å². The number of carboxylic acids is 1. The highest BCUT2D eigenvalue weighted by Crippen LogP contribution is 2.15. The zero-order chi connectivity index (χ0) is 15.4. The molecule has 0 radical (unpaired) electrons. The Balaban J connectivity index is 2.01. The molecular weight excluding hydrogens is 268 g/mol. The lowest BCUT2D eigenvalue weighted by Crippen LogP contribution is -2.19. The first kappa shape index (κ1) is 14.6. The number of hydrogen-bond donors (Lipinski definition) is 3. The molecule has 0 aliphatic carbocycles. The van der Waals surface area contributed by atoms with Gasteiger partial charge in [-0.15, -0.1) is 0 Å². The van der Waals surface area contributed by atoms with E-state index < -0.39 is 5.97 Å². The molecule has 0 aliphatic rings. The Bertz CT molecular complexity index is 678. The van der Waals surface area contributed by atoms with Crippen LogP contribution in [0.2, 0.25) is 0 Å². The number of amides is 2. The Morgan fingerprint density at radius 2 is 1.43 bits per heavy atom. The number of rotatable bonds is 3. The van der Waals surface area contributed by atoms with E-state index >= 15 is 0 Å². The van der Waals surface area contributed by atoms with E-state index in [4.69, 9.17) is 5.11 Å². The third-order valence-electron chi connectivity index (χ3n) is 3.15. The highest BCUT2D eigenvalue weighted by atomic mass is 16.4. The fraction of sp³-hybridized carbons (Fsp3) is 0.125. The predicted molar refractivity (Wildman–Crippen MR) is 82.0 cm³/mol. The standard InChI is InChI=1S/C16H16N2O3/c1-10-3-6-14(9-11(10)2)18-16(21)17-13-7-4-12(5-8-13)15(19)20/h3-9H,1-2H3,(H,19,20)(H2,17,18,21). The second-order valence-electron chi connectivity index (χ2n) is 4.76. The average molecular weight is 284 g/mol. The van der Waals surface area contributed by atoms with Crippen molar-refractivity contribution in [3.05, 3.63) is 59.2 Å². The van der Waals surface area contributed by atoms with Gasteiger partial charge in [0.15, 0.2) is 0 Å². The monoisotopic (exact) mass is 284 g/mol. The van der Waals surface area contributed by atoms with Gasteiger partial charge in [0, 0.05) is 11.4 Å². The van der Waals surface area contributed by atoms with E-state index in [1.807, 2.05) is 32.0 Å². The minimum Gasteiger partial charge on any atom is -0.478 e. The summed E-state index contributed by atoms with van der Waals surface area (Å²) < 4.78 is 0. The van der Waals surface area contributed by atoms with Crippen LogP contribution in [0, 0.1) is 13.8 Å². The molecule has 0 fully saturated rings. The van der Waals surface area contributed by atoms with Crippen LogP contribution in [0.25, 0.3) is 0 Å². The van der Waals surface area contributed by atoms with Crippen molar-refractivity contribution in [2.24, 2.45) is 0 Å². The van der Waals surface area contributed by atoms with Gasteiger partial charge in [-0.2, -0.15) is 0 Å². The number of anilines is 2. The SMILES string of the molecule is Cc1ccc(NC(=O)Nc2ccc(C(=O)O)cc2)cc1C. The van der Waals surface area contributed by atoms with E-state index in [-0.39, 0.29) is 11.6 Å². The first-order chi connectivity index (χ1) is 9.95. The smallest absolute Gasteiger partial charge is 0.335 e. The van der Waals surface area contributed by atoms with Crippen molar-refractivity contribution >= 4 is 23.4 Å². The van der Waals surface area contributed by atoms with Gasteiger partial charge >= 0.3 is 12.0 Å². The molecule has 5 heteroatoms. The number of benzene rings is 2. The van der Waals surface area contributed by atoms with Gasteiger partial charge in [-0.3, -0.25) is 0 Å². The summed E-state index contributed by atoms with van der Waals surface area (Å²) in [6.07, 6.45) is 0.